The molecule has 0 spiro atoms. The zero-order chi connectivity index (χ0) is 22.9. The zero-order valence-electron chi connectivity index (χ0n) is 18.2. The minimum Gasteiger partial charge on any atom is -0.342 e. The Bertz CT molecular complexity index is 1370. The molecule has 1 saturated heterocycles. The Balaban J connectivity index is 1.25. The second-order valence-corrected chi connectivity index (χ2v) is 8.35. The summed E-state index contributed by atoms with van der Waals surface area (Å²) >= 11 is 0. The molecule has 9 heteroatoms. The molecule has 0 saturated carbocycles. The van der Waals surface area contributed by atoms with Crippen LogP contribution in [0.25, 0.3) is 22.2 Å². The van der Waals surface area contributed by atoms with Crippen LogP contribution in [-0.4, -0.2) is 48.7 Å². The number of hydrogen-bond acceptors (Lipinski definition) is 5. The first kappa shape index (κ1) is 21.0. The fourth-order valence-electron chi connectivity index (χ4n) is 4.36. The van der Waals surface area contributed by atoms with Gasteiger partial charge in [-0.25, -0.2) is 4.39 Å². The molecule has 33 heavy (non-hydrogen) atoms. The van der Waals surface area contributed by atoms with Gasteiger partial charge in [0.25, 0.3) is 5.56 Å². The van der Waals surface area contributed by atoms with Crippen LogP contribution in [0.2, 0.25) is 0 Å². The van der Waals surface area contributed by atoms with Gasteiger partial charge in [0.05, 0.1) is 12.5 Å². The average Bonchev–Trinajstić information content (AvgIpc) is 3.33. The first-order valence-electron chi connectivity index (χ1n) is 10.9. The molecule has 0 aliphatic carbocycles. The van der Waals surface area contributed by atoms with E-state index in [4.69, 9.17) is 0 Å². The van der Waals surface area contributed by atoms with Gasteiger partial charge in [0.15, 0.2) is 0 Å². The summed E-state index contributed by atoms with van der Waals surface area (Å²) in [5.41, 5.74) is 1.49. The molecule has 8 nitrogen and oxygen atoms in total. The quantitative estimate of drug-likeness (QED) is 0.481. The van der Waals surface area contributed by atoms with E-state index < -0.39 is 0 Å². The molecule has 5 rings (SSSR count). The lowest BCUT2D eigenvalue weighted by Gasteiger charge is -2.31. The number of pyridine rings is 1. The van der Waals surface area contributed by atoms with Gasteiger partial charge in [-0.05, 0) is 59.3 Å². The largest absolute Gasteiger partial charge is 0.342 e. The van der Waals surface area contributed by atoms with Crippen LogP contribution in [0.15, 0.2) is 59.5 Å². The molecular formula is C24H23FN6O2. The minimum absolute atomic E-state index is 0.0378. The Morgan fingerprint density at radius 1 is 1.06 bits per heavy atom. The highest BCUT2D eigenvalue weighted by atomic mass is 19.1. The monoisotopic (exact) mass is 446 g/mol. The summed E-state index contributed by atoms with van der Waals surface area (Å²) in [7, 11) is 1.71. The van der Waals surface area contributed by atoms with Gasteiger partial charge in [-0.2, -0.15) is 4.80 Å². The van der Waals surface area contributed by atoms with Crippen molar-refractivity contribution in [2.24, 2.45) is 7.05 Å². The number of carbonyl (C=O) groups is 1. The lowest BCUT2D eigenvalue weighted by Crippen LogP contribution is -2.40. The molecule has 168 valence electrons. The summed E-state index contributed by atoms with van der Waals surface area (Å²) in [6, 6.07) is 13.4. The van der Waals surface area contributed by atoms with Crippen molar-refractivity contribution in [2.75, 3.05) is 13.1 Å². The van der Waals surface area contributed by atoms with Crippen molar-refractivity contribution in [1.29, 1.82) is 0 Å². The lowest BCUT2D eigenvalue weighted by atomic mass is 10.0. The highest BCUT2D eigenvalue weighted by Gasteiger charge is 2.26. The maximum Gasteiger partial charge on any atom is 0.258 e. The van der Waals surface area contributed by atoms with Gasteiger partial charge >= 0.3 is 0 Å². The second-order valence-electron chi connectivity index (χ2n) is 8.35. The Labute approximate surface area is 189 Å². The van der Waals surface area contributed by atoms with Crippen molar-refractivity contribution in [3.63, 3.8) is 0 Å². The molecule has 1 amide bonds. The lowest BCUT2D eigenvalue weighted by molar-refractivity contribution is -0.131. The molecule has 2 aromatic heterocycles. The van der Waals surface area contributed by atoms with Crippen molar-refractivity contribution in [2.45, 2.75) is 25.3 Å². The van der Waals surface area contributed by atoms with Gasteiger partial charge in [-0.15, -0.1) is 10.2 Å². The van der Waals surface area contributed by atoms with Gasteiger partial charge in [0, 0.05) is 37.3 Å². The fourth-order valence-corrected chi connectivity index (χ4v) is 4.36. The number of halogens is 1. The average molecular weight is 446 g/mol. The van der Waals surface area contributed by atoms with Crippen LogP contribution in [0.1, 0.15) is 24.4 Å². The van der Waals surface area contributed by atoms with E-state index in [0.29, 0.717) is 29.9 Å². The fraction of sp³-hybridized carbons (Fsp3) is 0.292. The van der Waals surface area contributed by atoms with E-state index in [2.05, 4.69) is 15.4 Å². The maximum atomic E-state index is 13.1. The number of amides is 1. The number of aromatic nitrogens is 5. The van der Waals surface area contributed by atoms with Crippen molar-refractivity contribution < 1.29 is 9.18 Å². The van der Waals surface area contributed by atoms with Crippen LogP contribution in [-0.2, 0) is 18.3 Å². The number of likely N-dealkylation sites (tertiary alicyclic amines) is 1. The normalized spacial score (nSPS) is 14.7. The summed E-state index contributed by atoms with van der Waals surface area (Å²) in [5, 5.41) is 14.2. The second kappa shape index (κ2) is 8.57. The molecule has 0 unspecified atom stereocenters. The third-order valence-corrected chi connectivity index (χ3v) is 6.19. The summed E-state index contributed by atoms with van der Waals surface area (Å²) in [5.74, 6) is 0.180. The summed E-state index contributed by atoms with van der Waals surface area (Å²) in [6.07, 6.45) is 3.44. The van der Waals surface area contributed by atoms with Crippen molar-refractivity contribution in [3.05, 3.63) is 76.5 Å². The number of carbonyl (C=O) groups excluding carboxylic acids is 1. The van der Waals surface area contributed by atoms with Crippen molar-refractivity contribution >= 4 is 16.7 Å². The van der Waals surface area contributed by atoms with E-state index in [0.717, 1.165) is 23.8 Å². The molecular weight excluding hydrogens is 423 g/mol. The molecule has 0 atom stereocenters. The first-order valence-corrected chi connectivity index (χ1v) is 10.9. The highest BCUT2D eigenvalue weighted by molar-refractivity contribution is 5.89. The van der Waals surface area contributed by atoms with E-state index in [1.54, 1.807) is 36.2 Å². The van der Waals surface area contributed by atoms with Crippen LogP contribution in [0, 0.1) is 5.82 Å². The Morgan fingerprint density at radius 3 is 2.48 bits per heavy atom. The summed E-state index contributed by atoms with van der Waals surface area (Å²) in [4.78, 5) is 28.9. The topological polar surface area (TPSA) is 85.9 Å². The standard InChI is InChI=1S/C24H23FN6O2/c1-29-15-17(20-4-2-3-5-21(20)24(29)33)14-22(32)30-12-10-19(11-13-30)31-27-23(26-28-31)16-6-8-18(25)9-7-16/h2-9,15,19H,10-14H2,1H3. The first-order chi connectivity index (χ1) is 16.0. The number of hydrogen-bond donors (Lipinski definition) is 0. The SMILES string of the molecule is Cn1cc(CC(=O)N2CCC(n3nnc(-c4ccc(F)cc4)n3)CC2)c2ccccc2c1=O. The molecule has 1 fully saturated rings. The Kier molecular flexibility index (Phi) is 5.45. The van der Waals surface area contributed by atoms with E-state index >= 15 is 0 Å². The molecule has 2 aromatic carbocycles. The summed E-state index contributed by atoms with van der Waals surface area (Å²) < 4.78 is 14.7. The predicted molar refractivity (Wildman–Crippen MR) is 121 cm³/mol. The molecule has 0 N–H and O–H groups in total. The van der Waals surface area contributed by atoms with E-state index in [-0.39, 0.29) is 29.7 Å². The van der Waals surface area contributed by atoms with Crippen LogP contribution in [0.4, 0.5) is 4.39 Å². The predicted octanol–water partition coefficient (Wildman–Crippen LogP) is 2.74. The van der Waals surface area contributed by atoms with Crippen LogP contribution < -0.4 is 5.56 Å². The molecule has 0 radical (unpaired) electrons. The number of piperidine rings is 1. The number of fused-ring (bicyclic) bond motifs is 1. The van der Waals surface area contributed by atoms with Gasteiger partial charge in [-0.1, -0.05) is 18.2 Å². The van der Waals surface area contributed by atoms with Gasteiger partial charge in [0.2, 0.25) is 11.7 Å². The maximum absolute atomic E-state index is 13.1. The third-order valence-electron chi connectivity index (χ3n) is 6.19. The number of rotatable bonds is 4. The number of nitrogens with zero attached hydrogens (tertiary/aromatic N) is 6. The molecule has 1 aliphatic heterocycles. The Morgan fingerprint density at radius 2 is 1.76 bits per heavy atom. The number of aryl methyl sites for hydroxylation is 1. The highest BCUT2D eigenvalue weighted by Crippen LogP contribution is 2.24. The summed E-state index contributed by atoms with van der Waals surface area (Å²) in [6.45, 7) is 1.20. The van der Waals surface area contributed by atoms with Crippen LogP contribution >= 0.6 is 0 Å². The minimum atomic E-state index is -0.311. The van der Waals surface area contributed by atoms with Gasteiger partial charge in [-0.3, -0.25) is 9.59 Å². The molecule has 0 bridgehead atoms. The smallest absolute Gasteiger partial charge is 0.258 e. The number of tetrazole rings is 1. The van der Waals surface area contributed by atoms with E-state index in [1.165, 1.54) is 16.7 Å². The van der Waals surface area contributed by atoms with Gasteiger partial charge in [0.1, 0.15) is 5.82 Å². The van der Waals surface area contributed by atoms with E-state index in [9.17, 15) is 14.0 Å². The van der Waals surface area contributed by atoms with Crippen LogP contribution in [0.3, 0.4) is 0 Å². The molecule has 3 heterocycles. The van der Waals surface area contributed by atoms with Crippen LogP contribution in [0.5, 0.6) is 0 Å². The van der Waals surface area contributed by atoms with Crippen molar-refractivity contribution in [3.8, 4) is 11.4 Å². The molecule has 1 aliphatic rings. The van der Waals surface area contributed by atoms with E-state index in [1.807, 2.05) is 23.1 Å². The number of benzene rings is 2. The Hall–Kier alpha value is -3.88. The third kappa shape index (κ3) is 4.13. The zero-order valence-corrected chi connectivity index (χ0v) is 18.2. The molecule has 4 aromatic rings. The van der Waals surface area contributed by atoms with Crippen molar-refractivity contribution in [1.82, 2.24) is 29.7 Å². The van der Waals surface area contributed by atoms with Gasteiger partial charge < -0.3 is 9.47 Å².